The molecule has 0 fully saturated rings. The Labute approximate surface area is 64.6 Å². The van der Waals surface area contributed by atoms with Crippen molar-refractivity contribution in [2.24, 2.45) is 5.73 Å². The number of nitrogens with one attached hydrogen (secondary N) is 1. The van der Waals surface area contributed by atoms with E-state index in [0.717, 1.165) is 0 Å². The van der Waals surface area contributed by atoms with E-state index in [2.05, 4.69) is 5.32 Å². The lowest BCUT2D eigenvalue weighted by molar-refractivity contribution is -0.136. The van der Waals surface area contributed by atoms with E-state index in [-0.39, 0.29) is 25.3 Å². The summed E-state index contributed by atoms with van der Waals surface area (Å²) in [6, 6.07) is 0. The normalized spacial score (nSPS) is 9.18. The summed E-state index contributed by atoms with van der Waals surface area (Å²) in [6.07, 6.45) is 0.204. The molecule has 11 heavy (non-hydrogen) atoms. The molecule has 5 nitrogen and oxygen atoms in total. The molecule has 0 heterocycles. The highest BCUT2D eigenvalue weighted by Crippen LogP contribution is 1.78. The number of carbonyl (C=O) groups excluding carboxylic acids is 1. The van der Waals surface area contributed by atoms with Crippen LogP contribution >= 0.6 is 0 Å². The number of amides is 1. The summed E-state index contributed by atoms with van der Waals surface area (Å²) in [6.45, 7) is 0.465. The molecule has 0 bridgehead atoms. The number of hydrogen-bond donors (Lipinski definition) is 3. The maximum Gasteiger partial charge on any atom is 0.305 e. The zero-order valence-electron chi connectivity index (χ0n) is 6.17. The zero-order valence-corrected chi connectivity index (χ0v) is 6.17. The van der Waals surface area contributed by atoms with Crippen molar-refractivity contribution in [3.05, 3.63) is 0 Å². The van der Waals surface area contributed by atoms with Crippen molar-refractivity contribution >= 4 is 11.9 Å². The molecule has 1 amide bonds. The summed E-state index contributed by atoms with van der Waals surface area (Å²) in [5.41, 5.74) is 5.08. The highest BCUT2D eigenvalue weighted by atomic mass is 16.4. The molecule has 0 aliphatic heterocycles. The average Bonchev–Trinajstić information content (AvgIpc) is 1.87. The van der Waals surface area contributed by atoms with Crippen LogP contribution in [0.3, 0.4) is 0 Å². The summed E-state index contributed by atoms with van der Waals surface area (Å²) in [7, 11) is 0. The number of rotatable bonds is 5. The summed E-state index contributed by atoms with van der Waals surface area (Å²) < 4.78 is 0. The smallest absolute Gasteiger partial charge is 0.305 e. The highest BCUT2D eigenvalue weighted by molar-refractivity contribution is 5.76. The molecule has 0 aromatic heterocycles. The Kier molecular flexibility index (Phi) is 5.10. The van der Waals surface area contributed by atoms with Crippen molar-refractivity contribution in [3.63, 3.8) is 0 Å². The molecule has 64 valence electrons. The maximum atomic E-state index is 10.6. The van der Waals surface area contributed by atoms with Crippen molar-refractivity contribution in [1.29, 1.82) is 0 Å². The lowest BCUT2D eigenvalue weighted by Crippen LogP contribution is -2.27. The van der Waals surface area contributed by atoms with Crippen molar-refractivity contribution < 1.29 is 14.7 Å². The second-order valence-corrected chi connectivity index (χ2v) is 2.03. The van der Waals surface area contributed by atoms with Gasteiger partial charge in [0.15, 0.2) is 0 Å². The number of carboxylic acid groups (broad SMARTS) is 1. The number of aliphatic carboxylic acids is 1. The zero-order chi connectivity index (χ0) is 8.69. The topological polar surface area (TPSA) is 92.4 Å². The fourth-order valence-corrected chi connectivity index (χ4v) is 0.528. The van der Waals surface area contributed by atoms with Crippen LogP contribution in [0, 0.1) is 0 Å². The van der Waals surface area contributed by atoms with Crippen molar-refractivity contribution in [1.82, 2.24) is 5.32 Å². The van der Waals surface area contributed by atoms with E-state index in [1.165, 1.54) is 0 Å². The molecule has 0 rings (SSSR count). The maximum absolute atomic E-state index is 10.6. The van der Waals surface area contributed by atoms with E-state index in [4.69, 9.17) is 10.8 Å². The molecule has 5 heteroatoms. The Balaban J connectivity index is 3.24. The third-order valence-electron chi connectivity index (χ3n) is 1.03. The minimum Gasteiger partial charge on any atom is -0.481 e. The van der Waals surface area contributed by atoms with Crippen molar-refractivity contribution in [3.8, 4) is 0 Å². The number of carbonyl (C=O) groups is 2. The Morgan fingerprint density at radius 1 is 1.36 bits per heavy atom. The van der Waals surface area contributed by atoms with Gasteiger partial charge in [0.1, 0.15) is 0 Å². The first-order valence-electron chi connectivity index (χ1n) is 3.35. The summed E-state index contributed by atoms with van der Waals surface area (Å²) in [4.78, 5) is 20.6. The molecule has 4 N–H and O–H groups in total. The molecule has 0 spiro atoms. The van der Waals surface area contributed by atoms with Crippen molar-refractivity contribution in [2.45, 2.75) is 12.8 Å². The monoisotopic (exact) mass is 160 g/mol. The lowest BCUT2D eigenvalue weighted by Gasteiger charge is -2.00. The van der Waals surface area contributed by atoms with Crippen LogP contribution in [0.5, 0.6) is 0 Å². The summed E-state index contributed by atoms with van der Waals surface area (Å²) in [5, 5.41) is 10.6. The molecule has 0 aliphatic rings. The van der Waals surface area contributed by atoms with Crippen LogP contribution < -0.4 is 11.1 Å². The van der Waals surface area contributed by atoms with E-state index in [9.17, 15) is 9.59 Å². The van der Waals surface area contributed by atoms with Crippen LogP contribution in [0.4, 0.5) is 0 Å². The van der Waals surface area contributed by atoms with Crippen LogP contribution in [0.1, 0.15) is 12.8 Å². The van der Waals surface area contributed by atoms with Gasteiger partial charge in [0.25, 0.3) is 0 Å². The van der Waals surface area contributed by atoms with Crippen molar-refractivity contribution in [2.75, 3.05) is 13.1 Å². The van der Waals surface area contributed by atoms with E-state index in [1.54, 1.807) is 0 Å². The molecule has 0 aromatic rings. The molecule has 0 saturated carbocycles. The van der Waals surface area contributed by atoms with Crippen LogP contribution in [-0.4, -0.2) is 30.1 Å². The van der Waals surface area contributed by atoms with Gasteiger partial charge in [-0.05, 0) is 0 Å². The van der Waals surface area contributed by atoms with E-state index >= 15 is 0 Å². The van der Waals surface area contributed by atoms with Gasteiger partial charge >= 0.3 is 5.97 Å². The van der Waals surface area contributed by atoms with Gasteiger partial charge in [0.05, 0.1) is 6.42 Å². The van der Waals surface area contributed by atoms with Crippen LogP contribution in [0.2, 0.25) is 0 Å². The molecular formula is C6H12N2O3. The van der Waals surface area contributed by atoms with Crippen LogP contribution in [-0.2, 0) is 9.59 Å². The number of hydrogen-bond acceptors (Lipinski definition) is 3. The fourth-order valence-electron chi connectivity index (χ4n) is 0.528. The Hall–Kier alpha value is -1.10. The molecular weight excluding hydrogens is 148 g/mol. The SMILES string of the molecule is NCCC(=O)NCCC(=O)O. The third-order valence-corrected chi connectivity index (χ3v) is 1.03. The molecule has 0 aromatic carbocycles. The second kappa shape index (κ2) is 5.67. The predicted octanol–water partition coefficient (Wildman–Crippen LogP) is -1.07. The van der Waals surface area contributed by atoms with E-state index in [0.29, 0.717) is 6.54 Å². The Morgan fingerprint density at radius 3 is 2.45 bits per heavy atom. The molecule has 0 saturated heterocycles. The van der Waals surface area contributed by atoms with E-state index in [1.807, 2.05) is 0 Å². The van der Waals surface area contributed by atoms with Gasteiger partial charge in [0, 0.05) is 19.5 Å². The Bertz CT molecular complexity index is 147. The lowest BCUT2D eigenvalue weighted by atomic mass is 10.4. The van der Waals surface area contributed by atoms with Gasteiger partial charge < -0.3 is 16.2 Å². The van der Waals surface area contributed by atoms with Crippen LogP contribution in [0.25, 0.3) is 0 Å². The minimum atomic E-state index is -0.918. The Morgan fingerprint density at radius 2 is 2.00 bits per heavy atom. The molecule has 0 unspecified atom stereocenters. The summed E-state index contributed by atoms with van der Waals surface area (Å²) in [5.74, 6) is -1.12. The van der Waals surface area contributed by atoms with Gasteiger partial charge in [-0.3, -0.25) is 9.59 Å². The first-order chi connectivity index (χ1) is 5.16. The second-order valence-electron chi connectivity index (χ2n) is 2.03. The van der Waals surface area contributed by atoms with Gasteiger partial charge in [-0.25, -0.2) is 0 Å². The van der Waals surface area contributed by atoms with Gasteiger partial charge in [0.2, 0.25) is 5.91 Å². The van der Waals surface area contributed by atoms with Crippen LogP contribution in [0.15, 0.2) is 0 Å². The van der Waals surface area contributed by atoms with Gasteiger partial charge in [-0.15, -0.1) is 0 Å². The quantitative estimate of drug-likeness (QED) is 0.477. The number of nitrogens with two attached hydrogens (primary N) is 1. The fraction of sp³-hybridized carbons (Fsp3) is 0.667. The van der Waals surface area contributed by atoms with Gasteiger partial charge in [-0.2, -0.15) is 0 Å². The highest BCUT2D eigenvalue weighted by Gasteiger charge is 1.99. The first kappa shape index (κ1) is 9.90. The molecule has 0 radical (unpaired) electrons. The van der Waals surface area contributed by atoms with E-state index < -0.39 is 5.97 Å². The molecule has 0 atom stereocenters. The average molecular weight is 160 g/mol. The third kappa shape index (κ3) is 6.79. The summed E-state index contributed by atoms with van der Waals surface area (Å²) >= 11 is 0. The number of carboxylic acids is 1. The standard InChI is InChI=1S/C6H12N2O3/c7-3-1-5(9)8-4-2-6(10)11/h1-4,7H2,(H,8,9)(H,10,11). The largest absolute Gasteiger partial charge is 0.481 e. The first-order valence-corrected chi connectivity index (χ1v) is 3.35. The molecule has 0 aliphatic carbocycles. The minimum absolute atomic E-state index is 0.0453. The predicted molar refractivity (Wildman–Crippen MR) is 38.9 cm³/mol. The van der Waals surface area contributed by atoms with Gasteiger partial charge in [-0.1, -0.05) is 0 Å².